The van der Waals surface area contributed by atoms with Gasteiger partial charge >= 0.3 is 0 Å². The Bertz CT molecular complexity index is 2090. The van der Waals surface area contributed by atoms with Crippen LogP contribution in [0.4, 0.5) is 40.1 Å². The van der Waals surface area contributed by atoms with Crippen LogP contribution >= 0.6 is 0 Å². The smallest absolute Gasteiger partial charge is 0.178 e. The third-order valence-corrected chi connectivity index (χ3v) is 11.4. The average Bonchev–Trinajstić information content (AvgIpc) is 3.40. The fourth-order valence-corrected chi connectivity index (χ4v) is 9.81. The number of para-hydroxylation sites is 4. The zero-order valence-electron chi connectivity index (χ0n) is 24.6. The summed E-state index contributed by atoms with van der Waals surface area (Å²) < 4.78 is 0. The maximum absolute atomic E-state index is 4.94. The zero-order chi connectivity index (χ0) is 28.9. The van der Waals surface area contributed by atoms with Gasteiger partial charge in [-0.15, -0.1) is 0 Å². The predicted octanol–water partition coefficient (Wildman–Crippen LogP) is 7.76. The summed E-state index contributed by atoms with van der Waals surface area (Å²) in [5.74, 6) is 2.81. The highest BCUT2D eigenvalue weighted by molar-refractivity contribution is 6.05. The maximum Gasteiger partial charge on any atom is 0.178 e. The van der Waals surface area contributed by atoms with Crippen LogP contribution in [0.5, 0.6) is 0 Å². The molecule has 6 aliphatic rings. The van der Waals surface area contributed by atoms with Crippen LogP contribution in [0, 0.1) is 11.3 Å². The third-order valence-electron chi connectivity index (χ3n) is 11.4. The van der Waals surface area contributed by atoms with Crippen LogP contribution in [0.1, 0.15) is 29.5 Å². The van der Waals surface area contributed by atoms with Gasteiger partial charge in [0, 0.05) is 53.3 Å². The Hall–Kier alpha value is -5.10. The lowest BCUT2D eigenvalue weighted by Crippen LogP contribution is -2.46. The Balaban J connectivity index is 1.21. The van der Waals surface area contributed by atoms with E-state index in [4.69, 9.17) is 9.97 Å². The van der Waals surface area contributed by atoms with Gasteiger partial charge in [-0.2, -0.15) is 0 Å². The van der Waals surface area contributed by atoms with Gasteiger partial charge in [-0.3, -0.25) is 0 Å². The van der Waals surface area contributed by atoms with E-state index in [0.29, 0.717) is 11.8 Å². The largest absolute Gasteiger partial charge is 0.335 e. The van der Waals surface area contributed by atoms with Gasteiger partial charge in [0.1, 0.15) is 12.3 Å². The molecule has 0 saturated heterocycles. The second-order valence-electron chi connectivity index (χ2n) is 13.3. The summed E-state index contributed by atoms with van der Waals surface area (Å²) in [5, 5.41) is 0. The van der Waals surface area contributed by atoms with Gasteiger partial charge in [0.05, 0.1) is 17.1 Å². The summed E-state index contributed by atoms with van der Waals surface area (Å²) in [6, 6.07) is 36.1. The molecule has 5 heterocycles. The molecule has 5 atom stereocenters. The number of benzene rings is 4. The second-order valence-corrected chi connectivity index (χ2v) is 13.3. The third kappa shape index (κ3) is 2.54. The molecule has 0 amide bonds. The first-order chi connectivity index (χ1) is 21.7. The highest BCUT2D eigenvalue weighted by Crippen LogP contribution is 2.76. The van der Waals surface area contributed by atoms with E-state index in [2.05, 4.69) is 131 Å². The van der Waals surface area contributed by atoms with Gasteiger partial charge in [0.2, 0.25) is 0 Å². The molecule has 2 aliphatic carbocycles. The normalized spacial score (nSPS) is 29.1. The first-order valence-electron chi connectivity index (χ1n) is 15.7. The van der Waals surface area contributed by atoms with Gasteiger partial charge in [-0.25, -0.2) is 9.97 Å². The summed E-state index contributed by atoms with van der Waals surface area (Å²) in [7, 11) is 2.22. The van der Waals surface area contributed by atoms with Crippen LogP contribution in [0.15, 0.2) is 115 Å². The molecule has 1 saturated carbocycles. The first kappa shape index (κ1) is 23.4. The van der Waals surface area contributed by atoms with E-state index in [0.717, 1.165) is 18.1 Å². The molecular formula is C38H30N6. The van der Waals surface area contributed by atoms with Gasteiger partial charge in [0.15, 0.2) is 11.6 Å². The molecule has 1 fully saturated rings. The molecule has 5 aromatic rings. The molecular weight excluding hydrogens is 540 g/mol. The molecule has 6 heteroatoms. The standard InChI is InChI=1S/C38H30N6/c1-38-32(26-21-22-16-17-28(25(26)20-22)44-35-34(39-18-19-40-35)41(2)37(38)44)33(38)31-24-12-6-7-13-27(24)43-30-15-9-8-14-29(30)42(36(31)43)23-10-4-3-5-11-23/h3-20,26,32,36-37H,21H2,1-2H3/b33-31+/t26-,32?,36?,37?,38?/m1/s1. The van der Waals surface area contributed by atoms with Crippen LogP contribution in [-0.4, -0.2) is 29.3 Å². The lowest BCUT2D eigenvalue weighted by molar-refractivity contribution is 0.386. The maximum atomic E-state index is 4.94. The van der Waals surface area contributed by atoms with E-state index in [-0.39, 0.29) is 17.7 Å². The minimum atomic E-state index is -0.0984. The topological polar surface area (TPSA) is 38.7 Å². The van der Waals surface area contributed by atoms with Crippen molar-refractivity contribution in [3.8, 4) is 0 Å². The fourth-order valence-electron chi connectivity index (χ4n) is 9.81. The number of rotatable bonds is 1. The Morgan fingerprint density at radius 1 is 0.705 bits per heavy atom. The minimum absolute atomic E-state index is 0.0497. The summed E-state index contributed by atoms with van der Waals surface area (Å²) in [4.78, 5) is 19.9. The number of hydrogen-bond donors (Lipinski definition) is 0. The highest BCUT2D eigenvalue weighted by atomic mass is 15.5. The average molecular weight is 571 g/mol. The molecule has 1 aromatic heterocycles. The molecule has 0 N–H and O–H groups in total. The van der Waals surface area contributed by atoms with E-state index in [1.165, 1.54) is 50.7 Å². The lowest BCUT2D eigenvalue weighted by atomic mass is 9.91. The van der Waals surface area contributed by atoms with Crippen LogP contribution in [0.3, 0.4) is 0 Å². The van der Waals surface area contributed by atoms with E-state index in [1.54, 1.807) is 5.57 Å². The first-order valence-corrected chi connectivity index (χ1v) is 15.7. The van der Waals surface area contributed by atoms with Crippen molar-refractivity contribution in [2.75, 3.05) is 26.6 Å². The van der Waals surface area contributed by atoms with Crippen molar-refractivity contribution < 1.29 is 0 Å². The predicted molar refractivity (Wildman–Crippen MR) is 175 cm³/mol. The monoisotopic (exact) mass is 570 g/mol. The number of aromatic nitrogens is 2. The summed E-state index contributed by atoms with van der Waals surface area (Å²) in [5.41, 5.74) is 13.6. The van der Waals surface area contributed by atoms with Gasteiger partial charge in [-0.1, -0.05) is 67.6 Å². The Morgan fingerprint density at radius 3 is 2.23 bits per heavy atom. The van der Waals surface area contributed by atoms with Crippen LogP contribution in [0.25, 0.3) is 5.57 Å². The van der Waals surface area contributed by atoms with Crippen molar-refractivity contribution >= 4 is 45.6 Å². The molecule has 0 radical (unpaired) electrons. The van der Waals surface area contributed by atoms with Crippen LogP contribution in [0.2, 0.25) is 0 Å². The highest BCUT2D eigenvalue weighted by Gasteiger charge is 2.72. The lowest BCUT2D eigenvalue weighted by Gasteiger charge is -2.35. The molecule has 4 unspecified atom stereocenters. The molecule has 212 valence electrons. The van der Waals surface area contributed by atoms with Crippen molar-refractivity contribution in [3.05, 3.63) is 132 Å². The molecule has 11 rings (SSSR count). The van der Waals surface area contributed by atoms with Crippen molar-refractivity contribution in [1.82, 2.24) is 9.97 Å². The molecule has 6 nitrogen and oxygen atoms in total. The summed E-state index contributed by atoms with van der Waals surface area (Å²) in [6.07, 6.45) is 4.92. The molecule has 4 aliphatic heterocycles. The van der Waals surface area contributed by atoms with Gasteiger partial charge in [0.25, 0.3) is 0 Å². The van der Waals surface area contributed by atoms with Crippen molar-refractivity contribution in [2.45, 2.75) is 31.6 Å². The van der Waals surface area contributed by atoms with E-state index < -0.39 is 0 Å². The summed E-state index contributed by atoms with van der Waals surface area (Å²) in [6.45, 7) is 2.53. The van der Waals surface area contributed by atoms with Gasteiger partial charge < -0.3 is 19.6 Å². The number of hydrogen-bond acceptors (Lipinski definition) is 6. The van der Waals surface area contributed by atoms with Crippen LogP contribution < -0.4 is 19.6 Å². The van der Waals surface area contributed by atoms with Crippen molar-refractivity contribution in [1.29, 1.82) is 0 Å². The molecule has 2 bridgehead atoms. The van der Waals surface area contributed by atoms with Gasteiger partial charge in [-0.05, 0) is 65.4 Å². The minimum Gasteiger partial charge on any atom is -0.335 e. The summed E-state index contributed by atoms with van der Waals surface area (Å²) >= 11 is 0. The Labute approximate surface area is 256 Å². The van der Waals surface area contributed by atoms with E-state index >= 15 is 0 Å². The number of fused-ring (bicyclic) bond motifs is 13. The van der Waals surface area contributed by atoms with E-state index in [9.17, 15) is 0 Å². The zero-order valence-corrected chi connectivity index (χ0v) is 24.6. The second kappa shape index (κ2) is 7.69. The molecule has 44 heavy (non-hydrogen) atoms. The Morgan fingerprint density at radius 2 is 1.41 bits per heavy atom. The van der Waals surface area contributed by atoms with E-state index in [1.807, 2.05) is 12.4 Å². The van der Waals surface area contributed by atoms with Crippen molar-refractivity contribution in [2.24, 2.45) is 11.3 Å². The number of anilines is 7. The van der Waals surface area contributed by atoms with Crippen molar-refractivity contribution in [3.63, 3.8) is 0 Å². The number of nitrogens with zero attached hydrogens (tertiary/aromatic N) is 6. The molecule has 4 aromatic carbocycles. The quantitative estimate of drug-likeness (QED) is 0.205. The molecule has 0 spiro atoms. The fraction of sp³-hybridized carbons (Fsp3) is 0.211. The SMILES string of the molecule is CN1c2nccnc2N2c3ccc4cc3[C@@H](C4)C3/C(=C4/c5ccccc5N5c6ccccc6N(c6ccccc6)C45)C3(C)C12. The Kier molecular flexibility index (Phi) is 4.09. The van der Waals surface area contributed by atoms with Crippen LogP contribution in [-0.2, 0) is 6.42 Å².